The van der Waals surface area contributed by atoms with Crippen LogP contribution in [-0.4, -0.2) is 21.5 Å². The summed E-state index contributed by atoms with van der Waals surface area (Å²) >= 11 is 0. The van der Waals surface area contributed by atoms with Crippen LogP contribution in [-0.2, 0) is 0 Å². The number of hydrogen-bond donors (Lipinski definition) is 3. The normalized spacial score (nSPS) is 9.93. The van der Waals surface area contributed by atoms with Gasteiger partial charge in [0.25, 0.3) is 0 Å². The number of aromatic amines is 1. The molecule has 2 rings (SSSR count). The summed E-state index contributed by atoms with van der Waals surface area (Å²) in [5.74, 6) is 2.50. The molecule has 0 aromatic carbocycles. The fourth-order valence-corrected chi connectivity index (χ4v) is 1.25. The maximum atomic E-state index is 4.11. The van der Waals surface area contributed by atoms with Gasteiger partial charge in [0.05, 0.1) is 0 Å². The van der Waals surface area contributed by atoms with Gasteiger partial charge in [-0.1, -0.05) is 0 Å². The minimum absolute atomic E-state index is 0.767. The molecule has 2 aromatic heterocycles. The second-order valence-electron chi connectivity index (χ2n) is 3.03. The molecule has 5 nitrogen and oxygen atoms in total. The van der Waals surface area contributed by atoms with Crippen LogP contribution in [0.15, 0.2) is 30.7 Å². The number of H-pyrrole nitrogens is 1. The van der Waals surface area contributed by atoms with Crippen molar-refractivity contribution in [1.29, 1.82) is 0 Å². The average Bonchev–Trinajstić information content (AvgIpc) is 2.71. The third-order valence-corrected chi connectivity index (χ3v) is 1.89. The first-order valence-corrected chi connectivity index (χ1v) is 4.85. The highest BCUT2D eigenvalue weighted by molar-refractivity contribution is 5.55. The zero-order valence-electron chi connectivity index (χ0n) is 8.49. The molecule has 0 aliphatic rings. The van der Waals surface area contributed by atoms with Crippen LogP contribution in [0.4, 0.5) is 17.5 Å². The van der Waals surface area contributed by atoms with E-state index in [2.05, 4.69) is 25.6 Å². The monoisotopic (exact) mass is 203 g/mol. The molecule has 2 heterocycles. The summed E-state index contributed by atoms with van der Waals surface area (Å²) in [6, 6.07) is 5.73. The molecule has 0 fully saturated rings. The molecule has 0 saturated carbocycles. The van der Waals surface area contributed by atoms with Gasteiger partial charge in [-0.2, -0.15) is 0 Å². The second kappa shape index (κ2) is 4.45. The Morgan fingerprint density at radius 2 is 2.20 bits per heavy atom. The van der Waals surface area contributed by atoms with Gasteiger partial charge in [0.15, 0.2) is 0 Å². The molecule has 5 heteroatoms. The molecule has 78 valence electrons. The van der Waals surface area contributed by atoms with Gasteiger partial charge in [0.1, 0.15) is 23.8 Å². The van der Waals surface area contributed by atoms with Crippen molar-refractivity contribution in [2.45, 2.75) is 6.92 Å². The van der Waals surface area contributed by atoms with Gasteiger partial charge < -0.3 is 15.6 Å². The van der Waals surface area contributed by atoms with Crippen molar-refractivity contribution in [1.82, 2.24) is 15.0 Å². The Balaban J connectivity index is 2.11. The highest BCUT2D eigenvalue weighted by Gasteiger charge is 1.98. The van der Waals surface area contributed by atoms with E-state index in [-0.39, 0.29) is 0 Å². The molecule has 3 N–H and O–H groups in total. The Bertz CT molecular complexity index is 410. The molecule has 0 bridgehead atoms. The van der Waals surface area contributed by atoms with Gasteiger partial charge in [-0.05, 0) is 19.1 Å². The Labute approximate surface area is 88.0 Å². The predicted molar refractivity (Wildman–Crippen MR) is 60.3 cm³/mol. The minimum atomic E-state index is 0.767. The number of nitrogens with one attached hydrogen (secondary N) is 3. The van der Waals surface area contributed by atoms with E-state index in [1.54, 1.807) is 0 Å². The van der Waals surface area contributed by atoms with Crippen LogP contribution in [0.2, 0.25) is 0 Å². The van der Waals surface area contributed by atoms with Crippen LogP contribution in [0.5, 0.6) is 0 Å². The van der Waals surface area contributed by atoms with Crippen molar-refractivity contribution in [2.75, 3.05) is 17.2 Å². The number of anilines is 3. The number of hydrogen-bond acceptors (Lipinski definition) is 4. The first-order valence-electron chi connectivity index (χ1n) is 4.85. The van der Waals surface area contributed by atoms with Crippen molar-refractivity contribution in [2.24, 2.45) is 0 Å². The Morgan fingerprint density at radius 1 is 1.33 bits per heavy atom. The van der Waals surface area contributed by atoms with E-state index in [9.17, 15) is 0 Å². The standard InChI is InChI=1S/C10H13N5/c1-2-11-9-6-10(14-7-13-9)15-8-4-3-5-12-8/h3-7,12H,2H2,1H3,(H2,11,13,14,15). The van der Waals surface area contributed by atoms with E-state index in [1.807, 2.05) is 31.3 Å². The lowest BCUT2D eigenvalue weighted by molar-refractivity contribution is 1.11. The topological polar surface area (TPSA) is 65.6 Å². The third kappa shape index (κ3) is 2.46. The van der Waals surface area contributed by atoms with Crippen molar-refractivity contribution in [3.05, 3.63) is 30.7 Å². The smallest absolute Gasteiger partial charge is 0.136 e. The highest BCUT2D eigenvalue weighted by Crippen LogP contribution is 2.13. The van der Waals surface area contributed by atoms with Crippen molar-refractivity contribution >= 4 is 17.5 Å². The zero-order valence-corrected chi connectivity index (χ0v) is 8.49. The summed E-state index contributed by atoms with van der Waals surface area (Å²) in [6.45, 7) is 2.87. The molecule has 0 saturated heterocycles. The van der Waals surface area contributed by atoms with E-state index >= 15 is 0 Å². The van der Waals surface area contributed by atoms with E-state index < -0.39 is 0 Å². The zero-order chi connectivity index (χ0) is 10.5. The minimum Gasteiger partial charge on any atom is -0.370 e. The van der Waals surface area contributed by atoms with Gasteiger partial charge in [-0.3, -0.25) is 0 Å². The van der Waals surface area contributed by atoms with Crippen LogP contribution in [0.25, 0.3) is 0 Å². The van der Waals surface area contributed by atoms with Gasteiger partial charge in [-0.25, -0.2) is 9.97 Å². The summed E-state index contributed by atoms with van der Waals surface area (Å²) < 4.78 is 0. The lowest BCUT2D eigenvalue weighted by atomic mass is 10.5. The number of rotatable bonds is 4. The van der Waals surface area contributed by atoms with E-state index in [4.69, 9.17) is 0 Å². The van der Waals surface area contributed by atoms with Crippen LogP contribution in [0, 0.1) is 0 Å². The van der Waals surface area contributed by atoms with Crippen LogP contribution in [0.1, 0.15) is 6.92 Å². The van der Waals surface area contributed by atoms with Crippen molar-refractivity contribution < 1.29 is 0 Å². The largest absolute Gasteiger partial charge is 0.370 e. The fourth-order valence-electron chi connectivity index (χ4n) is 1.25. The Kier molecular flexibility index (Phi) is 2.82. The highest BCUT2D eigenvalue weighted by atomic mass is 15.1. The summed E-state index contributed by atoms with van der Waals surface area (Å²) in [5.41, 5.74) is 0. The van der Waals surface area contributed by atoms with Crippen LogP contribution < -0.4 is 10.6 Å². The number of aromatic nitrogens is 3. The molecule has 0 aliphatic heterocycles. The Morgan fingerprint density at radius 3 is 2.93 bits per heavy atom. The van der Waals surface area contributed by atoms with Crippen LogP contribution in [0.3, 0.4) is 0 Å². The maximum absolute atomic E-state index is 4.11. The van der Waals surface area contributed by atoms with Gasteiger partial charge in [-0.15, -0.1) is 0 Å². The van der Waals surface area contributed by atoms with Gasteiger partial charge >= 0.3 is 0 Å². The van der Waals surface area contributed by atoms with Crippen molar-refractivity contribution in [3.8, 4) is 0 Å². The lowest BCUT2D eigenvalue weighted by Crippen LogP contribution is -2.01. The van der Waals surface area contributed by atoms with E-state index in [1.165, 1.54) is 6.33 Å². The average molecular weight is 203 g/mol. The first kappa shape index (κ1) is 9.51. The van der Waals surface area contributed by atoms with Gasteiger partial charge in [0, 0.05) is 18.8 Å². The summed E-state index contributed by atoms with van der Waals surface area (Å²) in [7, 11) is 0. The molecule has 0 spiro atoms. The summed E-state index contributed by atoms with van der Waals surface area (Å²) in [6.07, 6.45) is 3.39. The molecular weight excluding hydrogens is 190 g/mol. The summed E-state index contributed by atoms with van der Waals surface area (Å²) in [4.78, 5) is 11.2. The second-order valence-corrected chi connectivity index (χ2v) is 3.03. The number of nitrogens with zero attached hydrogens (tertiary/aromatic N) is 2. The SMILES string of the molecule is CCNc1cc(Nc2ccc[nH]2)ncn1. The Hall–Kier alpha value is -2.04. The quantitative estimate of drug-likeness (QED) is 0.710. The molecule has 0 unspecified atom stereocenters. The van der Waals surface area contributed by atoms with E-state index in [0.29, 0.717) is 0 Å². The van der Waals surface area contributed by atoms with Crippen LogP contribution >= 0.6 is 0 Å². The lowest BCUT2D eigenvalue weighted by Gasteiger charge is -2.05. The molecule has 0 atom stereocenters. The molecule has 15 heavy (non-hydrogen) atoms. The predicted octanol–water partition coefficient (Wildman–Crippen LogP) is 1.98. The first-order chi connectivity index (χ1) is 7.38. The summed E-state index contributed by atoms with van der Waals surface area (Å²) in [5, 5.41) is 6.26. The third-order valence-electron chi connectivity index (χ3n) is 1.89. The molecular formula is C10H13N5. The molecule has 2 aromatic rings. The fraction of sp³-hybridized carbons (Fsp3) is 0.200. The van der Waals surface area contributed by atoms with Crippen molar-refractivity contribution in [3.63, 3.8) is 0 Å². The molecule has 0 aliphatic carbocycles. The maximum Gasteiger partial charge on any atom is 0.136 e. The molecule has 0 amide bonds. The van der Waals surface area contributed by atoms with Gasteiger partial charge in [0.2, 0.25) is 0 Å². The molecule has 0 radical (unpaired) electrons. The van der Waals surface area contributed by atoms with E-state index in [0.717, 1.165) is 24.0 Å².